The second-order valence-corrected chi connectivity index (χ2v) is 6.06. The van der Waals surface area contributed by atoms with E-state index in [1.54, 1.807) is 13.0 Å². The van der Waals surface area contributed by atoms with Crippen LogP contribution in [0.2, 0.25) is 0 Å². The molecule has 7 heteroatoms. The molecular formula is C11H19NO5S. The Labute approximate surface area is 108 Å². The Kier molecular flexibility index (Phi) is 4.75. The second-order valence-electron chi connectivity index (χ2n) is 4.71. The monoisotopic (exact) mass is 277 g/mol. The largest absolute Gasteiger partial charge is 0.456 e. The van der Waals surface area contributed by atoms with Gasteiger partial charge in [-0.1, -0.05) is 26.8 Å². The molecule has 1 N–H and O–H groups in total. The molecule has 1 aliphatic heterocycles. The first-order valence-electron chi connectivity index (χ1n) is 5.77. The predicted octanol–water partition coefficient (Wildman–Crippen LogP) is 0.959. The molecule has 1 rings (SSSR count). The summed E-state index contributed by atoms with van der Waals surface area (Å²) < 4.78 is 35.3. The first-order chi connectivity index (χ1) is 8.21. The molecule has 1 aliphatic rings. The lowest BCUT2D eigenvalue weighted by Crippen LogP contribution is -2.33. The lowest BCUT2D eigenvalue weighted by atomic mass is 10.0. The number of hydrogen-bond acceptors (Lipinski definition) is 5. The molecule has 0 unspecified atom stereocenters. The summed E-state index contributed by atoms with van der Waals surface area (Å²) in [7, 11) is -3.83. The van der Waals surface area contributed by atoms with E-state index in [1.165, 1.54) is 6.92 Å². The van der Waals surface area contributed by atoms with Crippen LogP contribution in [0.4, 0.5) is 0 Å². The summed E-state index contributed by atoms with van der Waals surface area (Å²) in [6.45, 7) is 6.85. The number of carbonyl (C=O) groups is 1. The summed E-state index contributed by atoms with van der Waals surface area (Å²) in [6.07, 6.45) is 1.08. The van der Waals surface area contributed by atoms with Gasteiger partial charge in [-0.2, -0.15) is 8.42 Å². The average molecular weight is 277 g/mol. The third-order valence-electron chi connectivity index (χ3n) is 2.36. The number of carbonyl (C=O) groups excluding carboxylic acids is 1. The minimum absolute atomic E-state index is 0.0251. The van der Waals surface area contributed by atoms with Crippen molar-refractivity contribution in [3.8, 4) is 0 Å². The maximum absolute atomic E-state index is 11.5. The average Bonchev–Trinajstić information content (AvgIpc) is 2.28. The van der Waals surface area contributed by atoms with Gasteiger partial charge in [0.2, 0.25) is 0 Å². The first kappa shape index (κ1) is 15.0. The van der Waals surface area contributed by atoms with Crippen molar-refractivity contribution in [3.63, 3.8) is 0 Å². The maximum atomic E-state index is 11.5. The lowest BCUT2D eigenvalue weighted by molar-refractivity contribution is -0.147. The molecule has 0 saturated carbocycles. The van der Waals surface area contributed by atoms with Gasteiger partial charge in [-0.3, -0.25) is 13.7 Å². The van der Waals surface area contributed by atoms with Crippen LogP contribution in [0.1, 0.15) is 27.7 Å². The number of esters is 1. The molecule has 0 spiro atoms. The minimum atomic E-state index is -3.83. The molecule has 1 saturated heterocycles. The summed E-state index contributed by atoms with van der Waals surface area (Å²) in [4.78, 5) is 11.1. The molecule has 104 valence electrons. The van der Waals surface area contributed by atoms with Gasteiger partial charge in [-0.05, 0) is 5.92 Å². The van der Waals surface area contributed by atoms with Crippen molar-refractivity contribution >= 4 is 16.3 Å². The van der Waals surface area contributed by atoms with Crippen molar-refractivity contribution in [2.45, 2.75) is 33.8 Å². The highest BCUT2D eigenvalue weighted by Gasteiger charge is 2.32. The molecule has 1 fully saturated rings. The number of nitrogens with one attached hydrogen (secondary N) is 1. The van der Waals surface area contributed by atoms with Gasteiger partial charge in [0.25, 0.3) is 0 Å². The molecule has 18 heavy (non-hydrogen) atoms. The van der Waals surface area contributed by atoms with Gasteiger partial charge in [0.05, 0.1) is 12.3 Å². The van der Waals surface area contributed by atoms with Gasteiger partial charge in [0, 0.05) is 12.8 Å². The highest BCUT2D eigenvalue weighted by Crippen LogP contribution is 2.22. The van der Waals surface area contributed by atoms with Gasteiger partial charge >= 0.3 is 16.3 Å². The Morgan fingerprint density at radius 3 is 2.67 bits per heavy atom. The van der Waals surface area contributed by atoms with E-state index < -0.39 is 22.4 Å². The summed E-state index contributed by atoms with van der Waals surface area (Å²) in [5, 5.41) is 0. The summed E-state index contributed by atoms with van der Waals surface area (Å²) in [6, 6.07) is 0. The second kappa shape index (κ2) is 5.71. The number of hydrogen-bond donors (Lipinski definition) is 1. The molecule has 0 aromatic heterocycles. The number of ether oxygens (including phenoxy) is 1. The van der Waals surface area contributed by atoms with Gasteiger partial charge in [0.15, 0.2) is 0 Å². The predicted molar refractivity (Wildman–Crippen MR) is 65.6 cm³/mol. The quantitative estimate of drug-likeness (QED) is 0.760. The molecule has 0 bridgehead atoms. The lowest BCUT2D eigenvalue weighted by Gasteiger charge is -2.22. The topological polar surface area (TPSA) is 81.7 Å². The minimum Gasteiger partial charge on any atom is -0.456 e. The zero-order valence-electron chi connectivity index (χ0n) is 11.0. The molecule has 0 radical (unpaired) electrons. The molecule has 0 aromatic rings. The molecule has 0 aliphatic carbocycles. The van der Waals surface area contributed by atoms with Crippen LogP contribution in [0, 0.1) is 11.8 Å². The highest BCUT2D eigenvalue weighted by molar-refractivity contribution is 7.84. The summed E-state index contributed by atoms with van der Waals surface area (Å²) in [5.74, 6) is -0.586. The van der Waals surface area contributed by atoms with Crippen LogP contribution >= 0.6 is 0 Å². The maximum Gasteiger partial charge on any atom is 0.359 e. The van der Waals surface area contributed by atoms with E-state index in [1.807, 2.05) is 13.8 Å². The van der Waals surface area contributed by atoms with Crippen LogP contribution < -0.4 is 4.72 Å². The Hall–Kier alpha value is -1.08. The van der Waals surface area contributed by atoms with Gasteiger partial charge in [0.1, 0.15) is 6.10 Å². The Bertz CT molecular complexity index is 440. The summed E-state index contributed by atoms with van der Waals surface area (Å²) in [5.41, 5.74) is 0.352. The molecular weight excluding hydrogens is 258 g/mol. The van der Waals surface area contributed by atoms with E-state index >= 15 is 0 Å². The fraction of sp³-hybridized carbons (Fsp3) is 0.727. The molecule has 0 amide bonds. The Balaban J connectivity index is 3.11. The van der Waals surface area contributed by atoms with Crippen molar-refractivity contribution in [1.82, 2.24) is 4.72 Å². The van der Waals surface area contributed by atoms with Crippen molar-refractivity contribution in [2.24, 2.45) is 11.8 Å². The van der Waals surface area contributed by atoms with Gasteiger partial charge < -0.3 is 4.74 Å². The van der Waals surface area contributed by atoms with E-state index in [0.29, 0.717) is 5.70 Å². The molecule has 0 aromatic carbocycles. The van der Waals surface area contributed by atoms with Gasteiger partial charge in [-0.15, -0.1) is 0 Å². The van der Waals surface area contributed by atoms with Crippen LogP contribution in [-0.2, 0) is 24.0 Å². The molecule has 6 nitrogen and oxygen atoms in total. The smallest absolute Gasteiger partial charge is 0.359 e. The number of allylic oxidation sites excluding steroid dienone is 1. The first-order valence-corrected chi connectivity index (χ1v) is 7.18. The highest BCUT2D eigenvalue weighted by atomic mass is 32.2. The molecule has 2 atom stereocenters. The van der Waals surface area contributed by atoms with E-state index in [-0.39, 0.29) is 18.4 Å². The van der Waals surface area contributed by atoms with Crippen LogP contribution in [0.5, 0.6) is 0 Å². The normalized spacial score (nSPS) is 29.7. The third kappa shape index (κ3) is 4.30. The zero-order valence-corrected chi connectivity index (χ0v) is 11.8. The standard InChI is InChI=1S/C11H19NO5S/c1-7(2)5-10-11(17-9(4)13)8(3)6-16-18(14,15)12-10/h5,7-8,11-12H,6H2,1-4H3/b10-5+/t8-,11+/m0/s1. The van der Waals surface area contributed by atoms with E-state index in [9.17, 15) is 13.2 Å². The Morgan fingerprint density at radius 1 is 1.56 bits per heavy atom. The van der Waals surface area contributed by atoms with E-state index in [0.717, 1.165) is 0 Å². The third-order valence-corrected chi connectivity index (χ3v) is 3.29. The fourth-order valence-corrected chi connectivity index (χ4v) is 2.59. The van der Waals surface area contributed by atoms with E-state index in [2.05, 4.69) is 4.72 Å². The van der Waals surface area contributed by atoms with Gasteiger partial charge in [-0.25, -0.2) is 0 Å². The van der Waals surface area contributed by atoms with Crippen molar-refractivity contribution in [1.29, 1.82) is 0 Å². The zero-order chi connectivity index (χ0) is 13.9. The SMILES string of the molecule is CC(=O)O[C@H]1/C(=C\C(C)C)NS(=O)(=O)OC[C@@H]1C. The van der Waals surface area contributed by atoms with Crippen molar-refractivity contribution in [2.75, 3.05) is 6.61 Å². The van der Waals surface area contributed by atoms with Crippen molar-refractivity contribution in [3.05, 3.63) is 11.8 Å². The Morgan fingerprint density at radius 2 is 2.17 bits per heavy atom. The fourth-order valence-electron chi connectivity index (χ4n) is 1.67. The van der Waals surface area contributed by atoms with Crippen LogP contribution in [0.25, 0.3) is 0 Å². The van der Waals surface area contributed by atoms with Crippen molar-refractivity contribution < 1.29 is 22.1 Å². The molecule has 1 heterocycles. The number of rotatable bonds is 2. The van der Waals surface area contributed by atoms with Crippen LogP contribution in [-0.4, -0.2) is 27.1 Å². The van der Waals surface area contributed by atoms with Crippen LogP contribution in [0.3, 0.4) is 0 Å². The van der Waals surface area contributed by atoms with Crippen LogP contribution in [0.15, 0.2) is 11.8 Å². The summed E-state index contributed by atoms with van der Waals surface area (Å²) >= 11 is 0. The van der Waals surface area contributed by atoms with E-state index in [4.69, 9.17) is 8.92 Å².